The van der Waals surface area contributed by atoms with Crippen molar-refractivity contribution in [1.29, 1.82) is 5.26 Å². The van der Waals surface area contributed by atoms with Gasteiger partial charge in [0, 0.05) is 16.3 Å². The van der Waals surface area contributed by atoms with E-state index in [1.54, 1.807) is 62.4 Å². The van der Waals surface area contributed by atoms with Crippen LogP contribution in [0, 0.1) is 11.5 Å². The van der Waals surface area contributed by atoms with Gasteiger partial charge in [0.2, 0.25) is 15.8 Å². The highest BCUT2D eigenvalue weighted by Crippen LogP contribution is 2.43. The van der Waals surface area contributed by atoms with Crippen LogP contribution in [0.3, 0.4) is 0 Å². The Morgan fingerprint density at radius 3 is 2.43 bits per heavy atom. The third-order valence-electron chi connectivity index (χ3n) is 5.60. The van der Waals surface area contributed by atoms with Crippen molar-refractivity contribution in [3.8, 4) is 11.9 Å². The molecule has 1 aliphatic rings. The number of fused-ring (bicyclic) bond motifs is 1. The Hall–Kier alpha value is -3.58. The molecule has 3 N–H and O–H groups in total. The number of guanidine groups is 1. The molecule has 3 aromatic rings. The molecule has 0 saturated heterocycles. The number of sulfone groups is 1. The third-order valence-corrected chi connectivity index (χ3v) is 7.62. The molecule has 0 amide bonds. The molecule has 0 spiro atoms. The number of hydrogen-bond acceptors (Lipinski definition) is 6. The topological polar surface area (TPSA) is 124 Å². The molecule has 0 aliphatic carbocycles. The van der Waals surface area contributed by atoms with E-state index in [-0.39, 0.29) is 15.8 Å². The van der Waals surface area contributed by atoms with E-state index < -0.39 is 27.6 Å². The number of halogens is 1. The van der Waals surface area contributed by atoms with Gasteiger partial charge in [-0.3, -0.25) is 5.32 Å². The minimum atomic E-state index is -3.82. The fourth-order valence-electron chi connectivity index (χ4n) is 3.75. The number of aliphatic hydroxyl groups is 1. The number of nitrogens with one attached hydrogen (secondary N) is 2. The van der Waals surface area contributed by atoms with Crippen LogP contribution in [-0.4, -0.2) is 31.2 Å². The van der Waals surface area contributed by atoms with Gasteiger partial charge in [-0.2, -0.15) is 5.26 Å². The summed E-state index contributed by atoms with van der Waals surface area (Å²) in [6, 6.07) is 18.4. The number of aliphatic imine (C=N–C) groups is 1. The second-order valence-electron chi connectivity index (χ2n) is 8.46. The molecule has 0 radical (unpaired) electrons. The number of rotatable bonds is 4. The summed E-state index contributed by atoms with van der Waals surface area (Å²) in [7, 11) is -3.82. The Morgan fingerprint density at radius 1 is 1.09 bits per heavy atom. The highest BCUT2D eigenvalue weighted by atomic mass is 35.5. The van der Waals surface area contributed by atoms with Crippen molar-refractivity contribution in [2.24, 2.45) is 4.99 Å². The summed E-state index contributed by atoms with van der Waals surface area (Å²) in [5.41, 5.74) is -0.0414. The van der Waals surface area contributed by atoms with Gasteiger partial charge in [-0.05, 0) is 68.4 Å². The summed E-state index contributed by atoms with van der Waals surface area (Å²) < 4.78 is 32.4. The fraction of sp³-hybridized carbons (Fsp3) is 0.200. The van der Waals surface area contributed by atoms with E-state index >= 15 is 0 Å². The molecule has 35 heavy (non-hydrogen) atoms. The summed E-state index contributed by atoms with van der Waals surface area (Å²) in [5.74, 6) is 0.461. The molecule has 3 aromatic carbocycles. The number of hydrogen-bond donors (Lipinski definition) is 3. The van der Waals surface area contributed by atoms with Crippen LogP contribution >= 0.6 is 11.6 Å². The van der Waals surface area contributed by atoms with E-state index in [1.165, 1.54) is 24.3 Å². The lowest BCUT2D eigenvalue weighted by Crippen LogP contribution is -2.49. The van der Waals surface area contributed by atoms with E-state index in [2.05, 4.69) is 15.6 Å². The SMILES string of the molecule is CC1(C)Oc2ccc(S(=O)(=O)c3ccccc3)cc2[C@@H](N=C(NC#N)Nc2ccc(Cl)cc2)[C@@H]1O. The van der Waals surface area contributed by atoms with Gasteiger partial charge in [0.05, 0.1) is 9.79 Å². The molecule has 0 unspecified atom stereocenters. The summed E-state index contributed by atoms with van der Waals surface area (Å²) in [6.45, 7) is 3.42. The van der Waals surface area contributed by atoms with Crippen molar-refractivity contribution in [3.63, 3.8) is 0 Å². The Balaban J connectivity index is 1.80. The van der Waals surface area contributed by atoms with E-state index in [4.69, 9.17) is 16.3 Å². The number of benzene rings is 3. The molecule has 0 saturated carbocycles. The Kier molecular flexibility index (Phi) is 6.72. The van der Waals surface area contributed by atoms with Crippen LogP contribution in [0.4, 0.5) is 5.69 Å². The lowest BCUT2D eigenvalue weighted by atomic mass is 9.87. The molecule has 4 rings (SSSR count). The summed E-state index contributed by atoms with van der Waals surface area (Å²) in [5, 5.41) is 26.4. The van der Waals surface area contributed by atoms with Gasteiger partial charge in [0.15, 0.2) is 6.19 Å². The zero-order valence-electron chi connectivity index (χ0n) is 18.9. The number of nitriles is 1. The standard InChI is InChI=1S/C25H23ClN4O4S/c1-25(2)23(31)22(30-24(28-15-27)29-17-10-8-16(26)9-11-17)20-14-19(12-13-21(20)34-25)35(32,33)18-6-4-3-5-7-18/h3-14,22-23,31H,1-2H3,(H2,28,29,30)/t22-,23+/m1/s1. The van der Waals surface area contributed by atoms with E-state index in [9.17, 15) is 18.8 Å². The van der Waals surface area contributed by atoms with Gasteiger partial charge in [0.25, 0.3) is 0 Å². The smallest absolute Gasteiger partial charge is 0.209 e. The van der Waals surface area contributed by atoms with E-state index in [0.29, 0.717) is 22.0 Å². The lowest BCUT2D eigenvalue weighted by Gasteiger charge is -2.40. The average molecular weight is 511 g/mol. The first kappa shape index (κ1) is 24.5. The van der Waals surface area contributed by atoms with Gasteiger partial charge in [-0.1, -0.05) is 29.8 Å². The Labute approximate surface area is 208 Å². The third kappa shape index (κ3) is 5.10. The van der Waals surface area contributed by atoms with Gasteiger partial charge in [-0.25, -0.2) is 13.4 Å². The van der Waals surface area contributed by atoms with Crippen molar-refractivity contribution in [3.05, 3.63) is 83.4 Å². The predicted molar refractivity (Wildman–Crippen MR) is 133 cm³/mol. The first-order valence-corrected chi connectivity index (χ1v) is 12.5. The van der Waals surface area contributed by atoms with Crippen molar-refractivity contribution >= 4 is 33.1 Å². The maximum absolute atomic E-state index is 13.2. The average Bonchev–Trinajstić information content (AvgIpc) is 2.83. The number of aliphatic hydroxyl groups excluding tert-OH is 1. The van der Waals surface area contributed by atoms with Crippen LogP contribution in [0.5, 0.6) is 5.75 Å². The van der Waals surface area contributed by atoms with Crippen LogP contribution in [0.1, 0.15) is 25.5 Å². The molecule has 0 bridgehead atoms. The normalized spacial score (nSPS) is 19.1. The molecular weight excluding hydrogens is 488 g/mol. The maximum atomic E-state index is 13.2. The van der Waals surface area contributed by atoms with Gasteiger partial charge in [-0.15, -0.1) is 0 Å². The highest BCUT2D eigenvalue weighted by Gasteiger charge is 2.43. The van der Waals surface area contributed by atoms with Crippen LogP contribution < -0.4 is 15.4 Å². The van der Waals surface area contributed by atoms with Gasteiger partial charge < -0.3 is 15.2 Å². The molecule has 0 aromatic heterocycles. The molecule has 8 nitrogen and oxygen atoms in total. The molecular formula is C25H23ClN4O4S. The first-order chi connectivity index (χ1) is 16.6. The van der Waals surface area contributed by atoms with Crippen molar-refractivity contribution in [1.82, 2.24) is 5.32 Å². The van der Waals surface area contributed by atoms with Crippen LogP contribution in [0.15, 0.2) is 87.6 Å². The lowest BCUT2D eigenvalue weighted by molar-refractivity contribution is -0.0568. The van der Waals surface area contributed by atoms with Gasteiger partial charge in [0.1, 0.15) is 23.5 Å². The Bertz CT molecular complexity index is 1400. The summed E-state index contributed by atoms with van der Waals surface area (Å²) in [4.78, 5) is 4.76. The number of nitrogens with zero attached hydrogens (tertiary/aromatic N) is 2. The quantitative estimate of drug-likeness (QED) is 0.207. The fourth-order valence-corrected chi connectivity index (χ4v) is 5.19. The molecule has 1 heterocycles. The first-order valence-electron chi connectivity index (χ1n) is 10.7. The van der Waals surface area contributed by atoms with Crippen molar-refractivity contribution < 1.29 is 18.3 Å². The molecule has 1 aliphatic heterocycles. The van der Waals surface area contributed by atoms with E-state index in [0.717, 1.165) is 0 Å². The molecule has 2 atom stereocenters. The second-order valence-corrected chi connectivity index (χ2v) is 10.8. The second kappa shape index (κ2) is 9.58. The monoisotopic (exact) mass is 510 g/mol. The maximum Gasteiger partial charge on any atom is 0.209 e. The zero-order chi connectivity index (χ0) is 25.2. The highest BCUT2D eigenvalue weighted by molar-refractivity contribution is 7.91. The summed E-state index contributed by atoms with van der Waals surface area (Å²) in [6.07, 6.45) is 0.681. The van der Waals surface area contributed by atoms with Crippen molar-refractivity contribution in [2.45, 2.75) is 41.4 Å². The number of ether oxygens (including phenoxy) is 1. The van der Waals surface area contributed by atoms with Gasteiger partial charge >= 0.3 is 0 Å². The largest absolute Gasteiger partial charge is 0.485 e. The van der Waals surface area contributed by atoms with Crippen LogP contribution in [-0.2, 0) is 9.84 Å². The van der Waals surface area contributed by atoms with Crippen molar-refractivity contribution in [2.75, 3.05) is 5.32 Å². The molecule has 180 valence electrons. The summed E-state index contributed by atoms with van der Waals surface area (Å²) >= 11 is 5.95. The molecule has 0 fully saturated rings. The zero-order valence-corrected chi connectivity index (χ0v) is 20.5. The minimum absolute atomic E-state index is 0.0404. The molecule has 10 heteroatoms. The van der Waals surface area contributed by atoms with E-state index in [1.807, 2.05) is 6.19 Å². The van der Waals surface area contributed by atoms with Crippen LogP contribution in [0.2, 0.25) is 5.02 Å². The minimum Gasteiger partial charge on any atom is -0.485 e. The Morgan fingerprint density at radius 2 is 1.77 bits per heavy atom. The van der Waals surface area contributed by atoms with Crippen LogP contribution in [0.25, 0.3) is 0 Å². The predicted octanol–water partition coefficient (Wildman–Crippen LogP) is 4.28. The number of anilines is 1.